The second kappa shape index (κ2) is 3.15. The average molecular weight is 116 g/mol. The van der Waals surface area contributed by atoms with Gasteiger partial charge in [-0.1, -0.05) is 0 Å². The van der Waals surface area contributed by atoms with Crippen LogP contribution in [-0.2, 0) is 0 Å². The summed E-state index contributed by atoms with van der Waals surface area (Å²) in [4.78, 5) is 9.65. The summed E-state index contributed by atoms with van der Waals surface area (Å²) in [5, 5.41) is 10.7. The SMILES string of the molecule is C/C(N=O)=C(/C)NO. The highest BCUT2D eigenvalue weighted by Crippen LogP contribution is 1.97. The molecule has 0 saturated carbocycles. The number of allylic oxidation sites excluding steroid dienone is 2. The Balaban J connectivity index is 4.03. The van der Waals surface area contributed by atoms with Crippen LogP contribution in [0.4, 0.5) is 0 Å². The van der Waals surface area contributed by atoms with E-state index >= 15 is 0 Å². The van der Waals surface area contributed by atoms with E-state index in [1.54, 1.807) is 12.4 Å². The van der Waals surface area contributed by atoms with Gasteiger partial charge in [-0.25, -0.2) is 0 Å². The van der Waals surface area contributed by atoms with Gasteiger partial charge < -0.3 is 0 Å². The third-order valence-corrected chi connectivity index (χ3v) is 0.847. The van der Waals surface area contributed by atoms with E-state index in [4.69, 9.17) is 5.21 Å². The van der Waals surface area contributed by atoms with E-state index in [1.807, 2.05) is 0 Å². The number of hydroxylamine groups is 1. The van der Waals surface area contributed by atoms with Crippen LogP contribution in [0.3, 0.4) is 0 Å². The topological polar surface area (TPSA) is 61.7 Å². The van der Waals surface area contributed by atoms with E-state index in [0.29, 0.717) is 5.70 Å². The van der Waals surface area contributed by atoms with Crippen LogP contribution in [0.5, 0.6) is 0 Å². The smallest absolute Gasteiger partial charge is 0.103 e. The van der Waals surface area contributed by atoms with Crippen molar-refractivity contribution in [2.75, 3.05) is 0 Å². The molecule has 0 heterocycles. The van der Waals surface area contributed by atoms with Crippen molar-refractivity contribution in [3.63, 3.8) is 0 Å². The zero-order valence-corrected chi connectivity index (χ0v) is 4.80. The molecule has 4 nitrogen and oxygen atoms in total. The van der Waals surface area contributed by atoms with Crippen LogP contribution in [0.2, 0.25) is 0 Å². The maximum Gasteiger partial charge on any atom is 0.103 e. The predicted octanol–water partition coefficient (Wildman–Crippen LogP) is 0.983. The van der Waals surface area contributed by atoms with Crippen LogP contribution in [0.1, 0.15) is 13.8 Å². The Hall–Kier alpha value is -0.900. The Morgan fingerprint density at radius 3 is 2.25 bits per heavy atom. The van der Waals surface area contributed by atoms with Crippen molar-refractivity contribution in [2.24, 2.45) is 5.18 Å². The maximum atomic E-state index is 9.65. The van der Waals surface area contributed by atoms with E-state index in [9.17, 15) is 4.91 Å². The van der Waals surface area contributed by atoms with Crippen LogP contribution in [0, 0.1) is 4.91 Å². The van der Waals surface area contributed by atoms with Crippen molar-refractivity contribution in [1.29, 1.82) is 0 Å². The van der Waals surface area contributed by atoms with Gasteiger partial charge in [-0.2, -0.15) is 0 Å². The quantitative estimate of drug-likeness (QED) is 0.417. The van der Waals surface area contributed by atoms with E-state index in [2.05, 4.69) is 5.18 Å². The highest BCUT2D eigenvalue weighted by Gasteiger charge is 1.90. The summed E-state index contributed by atoms with van der Waals surface area (Å²) < 4.78 is 0. The highest BCUT2D eigenvalue weighted by atomic mass is 16.5. The Morgan fingerprint density at radius 1 is 1.62 bits per heavy atom. The lowest BCUT2D eigenvalue weighted by Gasteiger charge is -1.94. The molecule has 0 fully saturated rings. The van der Waals surface area contributed by atoms with Gasteiger partial charge in [-0.3, -0.25) is 10.7 Å². The minimum Gasteiger partial charge on any atom is -0.291 e. The molecule has 0 spiro atoms. The van der Waals surface area contributed by atoms with E-state index in [0.717, 1.165) is 0 Å². The van der Waals surface area contributed by atoms with Gasteiger partial charge in [-0.05, 0) is 19.0 Å². The normalized spacial score (nSPS) is 12.4. The molecule has 0 unspecified atom stereocenters. The molecule has 46 valence electrons. The summed E-state index contributed by atoms with van der Waals surface area (Å²) in [6, 6.07) is 0. The van der Waals surface area contributed by atoms with Crippen molar-refractivity contribution in [1.82, 2.24) is 5.48 Å². The monoisotopic (exact) mass is 116 g/mol. The largest absolute Gasteiger partial charge is 0.291 e. The summed E-state index contributed by atoms with van der Waals surface area (Å²) in [6.45, 7) is 3.06. The predicted molar refractivity (Wildman–Crippen MR) is 29.1 cm³/mol. The lowest BCUT2D eigenvalue weighted by Crippen LogP contribution is -2.04. The molecule has 0 radical (unpaired) electrons. The summed E-state index contributed by atoms with van der Waals surface area (Å²) >= 11 is 0. The van der Waals surface area contributed by atoms with Gasteiger partial charge >= 0.3 is 0 Å². The Bertz CT molecular complexity index is 119. The number of hydrogen-bond acceptors (Lipinski definition) is 4. The molecule has 0 rings (SSSR count). The van der Waals surface area contributed by atoms with Gasteiger partial charge in [0.25, 0.3) is 0 Å². The van der Waals surface area contributed by atoms with Crippen LogP contribution in [0.25, 0.3) is 0 Å². The molecule has 0 saturated heterocycles. The van der Waals surface area contributed by atoms with Gasteiger partial charge in [-0.15, -0.1) is 4.91 Å². The van der Waals surface area contributed by atoms with Gasteiger partial charge in [0, 0.05) is 0 Å². The van der Waals surface area contributed by atoms with Gasteiger partial charge in [0.2, 0.25) is 0 Å². The molecule has 0 aliphatic carbocycles. The molecule has 0 bridgehead atoms. The number of hydrogen-bond donors (Lipinski definition) is 2. The zero-order chi connectivity index (χ0) is 6.57. The molecule has 2 N–H and O–H groups in total. The molecule has 0 aromatic rings. The zero-order valence-electron chi connectivity index (χ0n) is 4.80. The van der Waals surface area contributed by atoms with E-state index < -0.39 is 0 Å². The Labute approximate surface area is 47.1 Å². The third-order valence-electron chi connectivity index (χ3n) is 0.847. The first-order valence-electron chi connectivity index (χ1n) is 2.13. The summed E-state index contributed by atoms with van der Waals surface area (Å²) in [6.07, 6.45) is 0. The summed E-state index contributed by atoms with van der Waals surface area (Å²) in [5.74, 6) is 0. The first kappa shape index (κ1) is 7.10. The molecule has 0 aromatic heterocycles. The third kappa shape index (κ3) is 1.70. The lowest BCUT2D eigenvalue weighted by atomic mass is 10.4. The highest BCUT2D eigenvalue weighted by molar-refractivity contribution is 5.03. The van der Waals surface area contributed by atoms with Crippen LogP contribution in [0.15, 0.2) is 16.6 Å². The Kier molecular flexibility index (Phi) is 2.79. The van der Waals surface area contributed by atoms with Crippen LogP contribution in [-0.4, -0.2) is 5.21 Å². The van der Waals surface area contributed by atoms with Crippen molar-refractivity contribution in [3.8, 4) is 0 Å². The fourth-order valence-electron chi connectivity index (χ4n) is 0.149. The second-order valence-electron chi connectivity index (χ2n) is 1.41. The lowest BCUT2D eigenvalue weighted by molar-refractivity contribution is 0.199. The van der Waals surface area contributed by atoms with Gasteiger partial charge in [0.15, 0.2) is 0 Å². The number of nitrogens with one attached hydrogen (secondary N) is 1. The number of nitroso groups, excluding NO2 is 1. The molecule has 4 heteroatoms. The molecule has 0 atom stereocenters. The number of rotatable bonds is 2. The molecule has 0 aromatic carbocycles. The maximum absolute atomic E-state index is 9.65. The summed E-state index contributed by atoms with van der Waals surface area (Å²) in [7, 11) is 0. The second-order valence-corrected chi connectivity index (χ2v) is 1.41. The van der Waals surface area contributed by atoms with E-state index in [1.165, 1.54) is 6.92 Å². The first-order valence-corrected chi connectivity index (χ1v) is 2.13. The molecular formula is C4H8N2O2. The summed E-state index contributed by atoms with van der Waals surface area (Å²) in [5.41, 5.74) is 2.43. The fourth-order valence-corrected chi connectivity index (χ4v) is 0.149. The van der Waals surface area contributed by atoms with Gasteiger partial charge in [0.05, 0.1) is 5.70 Å². The van der Waals surface area contributed by atoms with Crippen molar-refractivity contribution < 1.29 is 5.21 Å². The standard InChI is InChI=1S/C4H8N2O2/c1-3(5-7)4(2)6-8/h5,7H,1-2H3/b4-3+. The van der Waals surface area contributed by atoms with Crippen LogP contribution < -0.4 is 5.48 Å². The van der Waals surface area contributed by atoms with Crippen LogP contribution >= 0.6 is 0 Å². The molecule has 8 heavy (non-hydrogen) atoms. The molecular weight excluding hydrogens is 108 g/mol. The minimum absolute atomic E-state index is 0.257. The number of nitrogens with zero attached hydrogens (tertiary/aromatic N) is 1. The Morgan fingerprint density at radius 2 is 2.12 bits per heavy atom. The fraction of sp³-hybridized carbons (Fsp3) is 0.500. The molecule has 0 aliphatic heterocycles. The van der Waals surface area contributed by atoms with Crippen molar-refractivity contribution in [3.05, 3.63) is 16.3 Å². The van der Waals surface area contributed by atoms with Gasteiger partial charge in [0.1, 0.15) is 5.70 Å². The van der Waals surface area contributed by atoms with Crippen molar-refractivity contribution in [2.45, 2.75) is 13.8 Å². The molecule has 0 aliphatic rings. The van der Waals surface area contributed by atoms with Crippen molar-refractivity contribution >= 4 is 0 Å². The average Bonchev–Trinajstić information content (AvgIpc) is 1.84. The molecule has 0 amide bonds. The first-order chi connectivity index (χ1) is 3.72. The minimum atomic E-state index is 0.257. The van der Waals surface area contributed by atoms with E-state index in [-0.39, 0.29) is 5.70 Å².